The van der Waals surface area contributed by atoms with E-state index in [1.165, 1.54) is 10.6 Å². The predicted molar refractivity (Wildman–Crippen MR) is 130 cm³/mol. The van der Waals surface area contributed by atoms with E-state index in [2.05, 4.69) is 31.9 Å². The Morgan fingerprint density at radius 2 is 1.67 bits per heavy atom. The largest absolute Gasteiger partial charge is 0.598 e. The minimum absolute atomic E-state index is 0.0658. The van der Waals surface area contributed by atoms with Crippen LogP contribution in [-0.2, 0) is 19.3 Å². The lowest BCUT2D eigenvalue weighted by atomic mass is 9.85. The van der Waals surface area contributed by atoms with Gasteiger partial charge in [-0.3, -0.25) is 26.6 Å². The molecule has 4 aliphatic rings. The Morgan fingerprint density at radius 3 is 2.28 bits per heavy atom. The van der Waals surface area contributed by atoms with Gasteiger partial charge < -0.3 is 14.6 Å². The zero-order valence-electron chi connectivity index (χ0n) is 20.9. The van der Waals surface area contributed by atoms with E-state index in [-0.39, 0.29) is 37.3 Å². The van der Waals surface area contributed by atoms with Crippen LogP contribution >= 0.6 is 0 Å². The first-order chi connectivity index (χ1) is 17.1. The molecule has 36 heavy (non-hydrogen) atoms. The highest BCUT2D eigenvalue weighted by Crippen LogP contribution is 2.37. The van der Waals surface area contributed by atoms with E-state index in [4.69, 9.17) is 4.74 Å². The first kappa shape index (κ1) is 28.6. The van der Waals surface area contributed by atoms with Crippen molar-refractivity contribution in [3.63, 3.8) is 0 Å². The topological polar surface area (TPSA) is 125 Å². The molecule has 14 heteroatoms. The van der Waals surface area contributed by atoms with Crippen LogP contribution < -0.4 is 31.9 Å². The number of rotatable bonds is 8. The molecule has 0 spiro atoms. The van der Waals surface area contributed by atoms with Crippen LogP contribution in [0.2, 0.25) is 0 Å². The molecule has 10 nitrogen and oxygen atoms in total. The Hall–Kier alpha value is -0.420. The van der Waals surface area contributed by atoms with Crippen LogP contribution in [0.5, 0.6) is 0 Å². The number of ether oxygens (including phenoxy) is 1. The van der Waals surface area contributed by atoms with Crippen molar-refractivity contribution in [3.8, 4) is 0 Å². The summed E-state index contributed by atoms with van der Waals surface area (Å²) in [5, 5.41) is 20.3. The summed E-state index contributed by atoms with van der Waals surface area (Å²) >= 11 is 0. The van der Waals surface area contributed by atoms with E-state index in [1.807, 2.05) is 0 Å². The summed E-state index contributed by atoms with van der Waals surface area (Å²) in [6.45, 7) is 2.41. The van der Waals surface area contributed by atoms with Gasteiger partial charge >= 0.3 is 6.18 Å². The minimum Gasteiger partial charge on any atom is -0.598 e. The van der Waals surface area contributed by atoms with Crippen LogP contribution in [0.15, 0.2) is 0 Å². The minimum atomic E-state index is -4.17. The summed E-state index contributed by atoms with van der Waals surface area (Å²) in [7, 11) is -3.20. The molecule has 7 atom stereocenters. The van der Waals surface area contributed by atoms with Crippen molar-refractivity contribution in [1.82, 2.24) is 36.2 Å². The number of alkyl halides is 3. The van der Waals surface area contributed by atoms with E-state index < -0.39 is 35.1 Å². The van der Waals surface area contributed by atoms with Crippen molar-refractivity contribution in [3.05, 3.63) is 0 Å². The molecule has 3 heterocycles. The zero-order valence-corrected chi connectivity index (χ0v) is 21.8. The van der Waals surface area contributed by atoms with Crippen molar-refractivity contribution in [2.24, 2.45) is 5.92 Å². The molecule has 210 valence electrons. The molecule has 0 aromatic carbocycles. The normalized spacial score (nSPS) is 37.5. The van der Waals surface area contributed by atoms with Crippen LogP contribution in [-0.4, -0.2) is 84.6 Å². The van der Waals surface area contributed by atoms with Crippen LogP contribution in [0.25, 0.3) is 0 Å². The Bertz CT molecular complexity index is 732. The molecule has 7 unspecified atom stereocenters. The number of hydrogen-bond donors (Lipinski definition) is 6. The highest BCUT2D eigenvalue weighted by Gasteiger charge is 2.43. The van der Waals surface area contributed by atoms with Gasteiger partial charge in [0.2, 0.25) is 0 Å². The quantitative estimate of drug-likeness (QED) is 0.247. The van der Waals surface area contributed by atoms with Gasteiger partial charge in [-0.15, -0.1) is 4.31 Å². The number of hydrogen-bond acceptors (Lipinski definition) is 9. The van der Waals surface area contributed by atoms with Crippen molar-refractivity contribution in [2.45, 2.75) is 101 Å². The van der Waals surface area contributed by atoms with E-state index in [0.717, 1.165) is 25.8 Å². The third-order valence-electron chi connectivity index (χ3n) is 7.71. The second-order valence-electron chi connectivity index (χ2n) is 10.6. The Kier molecular flexibility index (Phi) is 10.0. The third kappa shape index (κ3) is 8.55. The summed E-state index contributed by atoms with van der Waals surface area (Å²) in [5.74, 6) is -1.27. The smallest absolute Gasteiger partial charge is 0.391 e. The summed E-state index contributed by atoms with van der Waals surface area (Å²) in [4.78, 5) is 0. The number of sulfonamides is 1. The molecule has 4 fully saturated rings. The lowest BCUT2D eigenvalue weighted by Gasteiger charge is -2.43. The second-order valence-corrected chi connectivity index (χ2v) is 12.6. The maximum Gasteiger partial charge on any atom is 0.391 e. The van der Waals surface area contributed by atoms with Gasteiger partial charge in [0.25, 0.3) is 0 Å². The standard InChI is InChI=1S/C22H42F3N7O3S/c1-36(33,34)32-11-8-16(9-12-32)27-19-29-20(28-17-7-4-5-15(13-17)22(23,24)25)31-21(30-19)35-14-18-6-2-3-10-26-18/h15-21,26-31H,2-14H2,1H3. The predicted octanol–water partition coefficient (Wildman–Crippen LogP) is 0.718. The molecule has 3 aliphatic heterocycles. The highest BCUT2D eigenvalue weighted by molar-refractivity contribution is 7.94. The molecular formula is C22H42F3N7O3S. The molecule has 3 saturated heterocycles. The molecule has 6 N–H and O–H groups in total. The van der Waals surface area contributed by atoms with Gasteiger partial charge in [-0.05, 0) is 51.5 Å². The number of halogens is 3. The fourth-order valence-electron chi connectivity index (χ4n) is 5.65. The van der Waals surface area contributed by atoms with Gasteiger partial charge in [-0.25, -0.2) is 0 Å². The second kappa shape index (κ2) is 12.6. The Labute approximate surface area is 213 Å². The molecule has 1 saturated carbocycles. The zero-order chi connectivity index (χ0) is 25.8. The molecular weight excluding hydrogens is 499 g/mol. The van der Waals surface area contributed by atoms with E-state index in [1.54, 1.807) is 0 Å². The van der Waals surface area contributed by atoms with Crippen LogP contribution in [0.1, 0.15) is 57.8 Å². The average Bonchev–Trinajstić information content (AvgIpc) is 2.83. The lowest BCUT2D eigenvalue weighted by molar-refractivity contribution is -0.184. The van der Waals surface area contributed by atoms with Gasteiger partial charge in [0.15, 0.2) is 6.35 Å². The molecule has 0 aromatic rings. The van der Waals surface area contributed by atoms with Crippen molar-refractivity contribution >= 4 is 10.4 Å². The van der Waals surface area contributed by atoms with E-state index >= 15 is 0 Å². The Balaban J connectivity index is 1.33. The van der Waals surface area contributed by atoms with E-state index in [0.29, 0.717) is 45.4 Å². The maximum absolute atomic E-state index is 13.3. The number of nitrogens with zero attached hydrogens (tertiary/aromatic N) is 1. The van der Waals surface area contributed by atoms with Gasteiger partial charge in [0.1, 0.15) is 29.2 Å². The van der Waals surface area contributed by atoms with Gasteiger partial charge in [0.05, 0.1) is 12.5 Å². The maximum atomic E-state index is 13.3. The highest BCUT2D eigenvalue weighted by atomic mass is 32.3. The van der Waals surface area contributed by atoms with Crippen LogP contribution in [0.3, 0.4) is 0 Å². The molecule has 0 amide bonds. The fourth-order valence-corrected chi connectivity index (χ4v) is 6.52. The van der Waals surface area contributed by atoms with Crippen molar-refractivity contribution < 1.29 is 26.7 Å². The third-order valence-corrected chi connectivity index (χ3v) is 9.01. The van der Waals surface area contributed by atoms with Gasteiger partial charge in [-0.2, -0.15) is 13.2 Å². The first-order valence-electron chi connectivity index (χ1n) is 13.2. The fraction of sp³-hybridized carbons (Fsp3) is 1.00. The van der Waals surface area contributed by atoms with Crippen molar-refractivity contribution in [1.29, 1.82) is 0 Å². The van der Waals surface area contributed by atoms with Crippen LogP contribution in [0, 0.1) is 5.92 Å². The average molecular weight is 542 g/mol. The first-order valence-corrected chi connectivity index (χ1v) is 15.1. The molecule has 0 radical (unpaired) electrons. The Morgan fingerprint density at radius 1 is 0.972 bits per heavy atom. The summed E-state index contributed by atoms with van der Waals surface area (Å²) in [6.07, 6.45) is 1.97. The monoisotopic (exact) mass is 541 g/mol. The number of nitrogens with one attached hydrogen (secondary N) is 6. The van der Waals surface area contributed by atoms with Crippen molar-refractivity contribution in [2.75, 3.05) is 32.5 Å². The SMILES string of the molecule is C[S+](=O)([O-])N1CCC(NC2NC(NC3CCCC(C(F)(F)F)C3)NC(OCC3CCCCN3)N2)CC1. The van der Waals surface area contributed by atoms with Gasteiger partial charge in [-0.1, -0.05) is 17.1 Å². The molecule has 0 bridgehead atoms. The summed E-state index contributed by atoms with van der Waals surface area (Å²) < 4.78 is 71.2. The van der Waals surface area contributed by atoms with E-state index in [9.17, 15) is 21.9 Å². The molecule has 4 rings (SSSR count). The number of piperidine rings is 2. The molecule has 1 aliphatic carbocycles. The van der Waals surface area contributed by atoms with Crippen LogP contribution in [0.4, 0.5) is 13.2 Å². The summed E-state index contributed by atoms with van der Waals surface area (Å²) in [6, 6.07) is 0.116. The molecule has 0 aromatic heterocycles. The lowest BCUT2D eigenvalue weighted by Crippen LogP contribution is -2.76. The summed E-state index contributed by atoms with van der Waals surface area (Å²) in [5.41, 5.74) is 0. The van der Waals surface area contributed by atoms with Gasteiger partial charge in [0, 0.05) is 31.2 Å².